The van der Waals surface area contributed by atoms with Crippen molar-refractivity contribution in [2.45, 2.75) is 77.7 Å². The van der Waals surface area contributed by atoms with Crippen LogP contribution in [0.5, 0.6) is 0 Å². The number of carbonyl (C=O) groups excluding carboxylic acids is 2. The van der Waals surface area contributed by atoms with Crippen LogP contribution < -0.4 is 0 Å². The molecule has 0 saturated carbocycles. The summed E-state index contributed by atoms with van der Waals surface area (Å²) in [5, 5.41) is 9.82. The zero-order valence-electron chi connectivity index (χ0n) is 16.7. The Balaban J connectivity index is 1.93. The minimum Gasteiger partial charge on any atom is -0.512 e. The summed E-state index contributed by atoms with van der Waals surface area (Å²) in [6.45, 7) is 4.22. The van der Waals surface area contributed by atoms with Crippen molar-refractivity contribution in [3.05, 3.63) is 47.2 Å². The minimum atomic E-state index is -0.499. The van der Waals surface area contributed by atoms with E-state index in [9.17, 15) is 14.7 Å². The van der Waals surface area contributed by atoms with Gasteiger partial charge in [0.2, 0.25) is 0 Å². The molecule has 0 aliphatic carbocycles. The van der Waals surface area contributed by atoms with Crippen molar-refractivity contribution in [1.82, 2.24) is 4.90 Å². The highest BCUT2D eigenvalue weighted by Gasteiger charge is 2.43. The first kappa shape index (κ1) is 21.2. The van der Waals surface area contributed by atoms with Crippen LogP contribution in [-0.2, 0) is 16.0 Å². The maximum absolute atomic E-state index is 12.7. The molecule has 1 aliphatic heterocycles. The number of ketones is 1. The van der Waals surface area contributed by atoms with E-state index >= 15 is 0 Å². The quantitative estimate of drug-likeness (QED) is 0.258. The van der Waals surface area contributed by atoms with Crippen molar-refractivity contribution < 1.29 is 14.7 Å². The van der Waals surface area contributed by atoms with E-state index in [1.807, 2.05) is 30.3 Å². The molecule has 1 heterocycles. The average Bonchev–Trinajstić information content (AvgIpc) is 2.88. The van der Waals surface area contributed by atoms with Crippen LogP contribution in [0.2, 0.25) is 0 Å². The number of hydrogen-bond donors (Lipinski definition) is 1. The number of aliphatic hydroxyl groups is 1. The second-order valence-corrected chi connectivity index (χ2v) is 7.50. The molecule has 0 spiro atoms. The summed E-state index contributed by atoms with van der Waals surface area (Å²) in [6, 6.07) is 9.26. The fourth-order valence-electron chi connectivity index (χ4n) is 3.75. The predicted molar refractivity (Wildman–Crippen MR) is 109 cm³/mol. The predicted octanol–water partition coefficient (Wildman–Crippen LogP) is 4.98. The van der Waals surface area contributed by atoms with E-state index in [1.165, 1.54) is 45.4 Å². The Morgan fingerprint density at radius 2 is 1.56 bits per heavy atom. The highest BCUT2D eigenvalue weighted by molar-refractivity contribution is 6.26. The maximum atomic E-state index is 12.7. The van der Waals surface area contributed by atoms with Gasteiger partial charge in [0, 0.05) is 13.0 Å². The molecule has 1 aromatic carbocycles. The summed E-state index contributed by atoms with van der Waals surface area (Å²) in [5.74, 6) is -0.728. The number of amides is 1. The van der Waals surface area contributed by atoms with Crippen molar-refractivity contribution in [1.29, 1.82) is 0 Å². The number of likely N-dealkylation sites (tertiary alicyclic amines) is 1. The molecular formula is C23H33NO3. The normalized spacial score (nSPS) is 19.0. The number of benzene rings is 1. The fourth-order valence-corrected chi connectivity index (χ4v) is 3.75. The number of rotatable bonds is 11. The Kier molecular flexibility index (Phi) is 8.56. The monoisotopic (exact) mass is 371 g/mol. The summed E-state index contributed by atoms with van der Waals surface area (Å²) >= 11 is 0. The number of Topliss-reactive ketones (excluding diaryl/α,β-unsaturated/α-hetero) is 1. The summed E-state index contributed by atoms with van der Waals surface area (Å²) in [5.41, 5.74) is 0.997. The molecule has 4 heteroatoms. The molecule has 1 aliphatic rings. The zero-order chi connectivity index (χ0) is 19.6. The largest absolute Gasteiger partial charge is 0.512 e. The number of hydrogen-bond acceptors (Lipinski definition) is 3. The molecule has 148 valence electrons. The van der Waals surface area contributed by atoms with Gasteiger partial charge in [-0.1, -0.05) is 82.2 Å². The van der Waals surface area contributed by atoms with E-state index in [0.29, 0.717) is 13.0 Å². The van der Waals surface area contributed by atoms with E-state index in [2.05, 4.69) is 6.92 Å². The van der Waals surface area contributed by atoms with E-state index in [-0.39, 0.29) is 23.0 Å². The lowest BCUT2D eigenvalue weighted by Crippen LogP contribution is -2.37. The smallest absolute Gasteiger partial charge is 0.261 e. The zero-order valence-corrected chi connectivity index (χ0v) is 16.7. The van der Waals surface area contributed by atoms with Gasteiger partial charge in [0.15, 0.2) is 5.78 Å². The third kappa shape index (κ3) is 5.95. The molecular weight excluding hydrogens is 338 g/mol. The van der Waals surface area contributed by atoms with Gasteiger partial charge in [-0.3, -0.25) is 9.59 Å². The Labute approximate surface area is 163 Å². The first-order chi connectivity index (χ1) is 13.1. The van der Waals surface area contributed by atoms with Crippen molar-refractivity contribution >= 4 is 11.7 Å². The number of aliphatic hydroxyl groups excluding tert-OH is 1. The van der Waals surface area contributed by atoms with E-state index in [1.54, 1.807) is 4.90 Å². The van der Waals surface area contributed by atoms with Crippen LogP contribution in [0.3, 0.4) is 0 Å². The van der Waals surface area contributed by atoms with Crippen LogP contribution >= 0.6 is 0 Å². The van der Waals surface area contributed by atoms with Crippen molar-refractivity contribution in [3.63, 3.8) is 0 Å². The van der Waals surface area contributed by atoms with Crippen molar-refractivity contribution in [2.24, 2.45) is 0 Å². The lowest BCUT2D eigenvalue weighted by molar-refractivity contribution is -0.127. The number of carbonyl (C=O) groups is 2. The lowest BCUT2D eigenvalue weighted by atomic mass is 10.0. The molecule has 1 N–H and O–H groups in total. The Hall–Kier alpha value is -2.10. The van der Waals surface area contributed by atoms with Gasteiger partial charge in [-0.2, -0.15) is 0 Å². The molecule has 4 nitrogen and oxygen atoms in total. The number of unbranched alkanes of at least 4 members (excludes halogenated alkanes) is 7. The maximum Gasteiger partial charge on any atom is 0.261 e. The third-order valence-electron chi connectivity index (χ3n) is 5.29. The molecule has 1 fully saturated rings. The number of allylic oxidation sites excluding steroid dienone is 1. The average molecular weight is 372 g/mol. The van der Waals surface area contributed by atoms with Crippen LogP contribution in [0.1, 0.15) is 70.8 Å². The standard InChI is InChI=1S/C23H33NO3/c1-3-4-5-6-7-8-9-13-16-24-20(17-19-14-11-10-12-15-19)22(26)21(18(2)25)23(24)27/h10-12,14-15,20,25H,3-9,13,16-17H2,1-2H3/b21-18+/t20-/m0/s1. The lowest BCUT2D eigenvalue weighted by Gasteiger charge is -2.23. The van der Waals surface area contributed by atoms with E-state index < -0.39 is 6.04 Å². The van der Waals surface area contributed by atoms with Gasteiger partial charge >= 0.3 is 0 Å². The van der Waals surface area contributed by atoms with Gasteiger partial charge in [0.25, 0.3) is 5.91 Å². The molecule has 0 radical (unpaired) electrons. The molecule has 1 saturated heterocycles. The Morgan fingerprint density at radius 1 is 0.963 bits per heavy atom. The van der Waals surface area contributed by atoms with Gasteiger partial charge < -0.3 is 10.0 Å². The number of nitrogens with zero attached hydrogens (tertiary/aromatic N) is 1. The SMILES string of the molecule is CCCCCCCCCCN1C(=O)/C(=C(\C)O)C(=O)[C@@H]1Cc1ccccc1. The van der Waals surface area contributed by atoms with Gasteiger partial charge in [-0.15, -0.1) is 0 Å². The summed E-state index contributed by atoms with van der Waals surface area (Å²) in [7, 11) is 0. The highest BCUT2D eigenvalue weighted by Crippen LogP contribution is 2.26. The molecule has 2 rings (SSSR count). The molecule has 1 aromatic rings. The van der Waals surface area contributed by atoms with Crippen molar-refractivity contribution in [3.8, 4) is 0 Å². The molecule has 0 bridgehead atoms. The van der Waals surface area contributed by atoms with Crippen LogP contribution in [0.25, 0.3) is 0 Å². The minimum absolute atomic E-state index is 0.0319. The Bertz CT molecular complexity index is 647. The van der Waals surface area contributed by atoms with Gasteiger partial charge in [-0.25, -0.2) is 0 Å². The second kappa shape index (κ2) is 10.9. The molecule has 1 amide bonds. The van der Waals surface area contributed by atoms with Crippen LogP contribution in [-0.4, -0.2) is 34.3 Å². The summed E-state index contributed by atoms with van der Waals surface area (Å²) in [6.07, 6.45) is 10.0. The fraction of sp³-hybridized carbons (Fsp3) is 0.565. The molecule has 0 aromatic heterocycles. The van der Waals surface area contributed by atoms with Gasteiger partial charge in [-0.05, 0) is 18.9 Å². The topological polar surface area (TPSA) is 57.6 Å². The van der Waals surface area contributed by atoms with E-state index in [0.717, 1.165) is 18.4 Å². The van der Waals surface area contributed by atoms with Crippen molar-refractivity contribution in [2.75, 3.05) is 6.54 Å². The van der Waals surface area contributed by atoms with E-state index in [4.69, 9.17) is 0 Å². The first-order valence-corrected chi connectivity index (χ1v) is 10.3. The molecule has 1 atom stereocenters. The van der Waals surface area contributed by atoms with Crippen LogP contribution in [0.4, 0.5) is 0 Å². The molecule has 0 unspecified atom stereocenters. The third-order valence-corrected chi connectivity index (χ3v) is 5.29. The molecule has 27 heavy (non-hydrogen) atoms. The van der Waals surface area contributed by atoms with Gasteiger partial charge in [0.1, 0.15) is 11.3 Å². The van der Waals surface area contributed by atoms with Crippen LogP contribution in [0, 0.1) is 0 Å². The summed E-state index contributed by atoms with van der Waals surface area (Å²) < 4.78 is 0. The Morgan fingerprint density at radius 3 is 2.15 bits per heavy atom. The summed E-state index contributed by atoms with van der Waals surface area (Å²) in [4.78, 5) is 27.1. The van der Waals surface area contributed by atoms with Crippen LogP contribution in [0.15, 0.2) is 41.7 Å². The highest BCUT2D eigenvalue weighted by atomic mass is 16.3. The second-order valence-electron chi connectivity index (χ2n) is 7.50. The van der Waals surface area contributed by atoms with Gasteiger partial charge in [0.05, 0.1) is 6.04 Å². The first-order valence-electron chi connectivity index (χ1n) is 10.3.